The average Bonchev–Trinajstić information content (AvgIpc) is 2.95. The van der Waals surface area contributed by atoms with Crippen molar-refractivity contribution in [2.75, 3.05) is 5.32 Å². The third-order valence-corrected chi connectivity index (χ3v) is 3.30. The number of halogens is 1. The highest BCUT2D eigenvalue weighted by atomic mass is 35.5. The van der Waals surface area contributed by atoms with Crippen molar-refractivity contribution >= 4 is 23.4 Å². The first-order valence-corrected chi connectivity index (χ1v) is 7.48. The maximum atomic E-state index is 11.9. The lowest BCUT2D eigenvalue weighted by atomic mass is 10.1. The normalized spacial score (nSPS) is 12.3. The standard InChI is InChI=1S/C14H21ClN6O2/c1-13(2,3)23-12(22)17-9-7-21(18-10(9)15)14(4,5)11-16-8-20(6)19-11/h7-8H,1-6H3,(H,17,22). The van der Waals surface area contributed by atoms with Crippen molar-refractivity contribution in [2.24, 2.45) is 7.05 Å². The molecule has 0 aliphatic carbocycles. The third-order valence-electron chi connectivity index (χ3n) is 3.02. The van der Waals surface area contributed by atoms with E-state index in [4.69, 9.17) is 16.3 Å². The lowest BCUT2D eigenvalue weighted by molar-refractivity contribution is 0.0636. The summed E-state index contributed by atoms with van der Waals surface area (Å²) < 4.78 is 8.43. The molecule has 23 heavy (non-hydrogen) atoms. The van der Waals surface area contributed by atoms with Gasteiger partial charge in [0.25, 0.3) is 0 Å². The van der Waals surface area contributed by atoms with Gasteiger partial charge in [0.15, 0.2) is 11.0 Å². The number of hydrogen-bond donors (Lipinski definition) is 1. The molecule has 0 aliphatic rings. The van der Waals surface area contributed by atoms with Gasteiger partial charge in [-0.3, -0.25) is 14.7 Å². The highest BCUT2D eigenvalue weighted by molar-refractivity contribution is 6.32. The van der Waals surface area contributed by atoms with Gasteiger partial charge < -0.3 is 4.74 Å². The van der Waals surface area contributed by atoms with Crippen LogP contribution in [0, 0.1) is 0 Å². The molecule has 2 aromatic heterocycles. The molecule has 9 heteroatoms. The smallest absolute Gasteiger partial charge is 0.412 e. The summed E-state index contributed by atoms with van der Waals surface area (Å²) in [7, 11) is 1.79. The first-order valence-electron chi connectivity index (χ1n) is 7.11. The van der Waals surface area contributed by atoms with Crippen LogP contribution in [-0.4, -0.2) is 36.2 Å². The second-order valence-electron chi connectivity index (χ2n) is 6.71. The Morgan fingerprint density at radius 3 is 2.43 bits per heavy atom. The average molecular weight is 341 g/mol. The molecule has 0 bridgehead atoms. The maximum Gasteiger partial charge on any atom is 0.412 e. The molecule has 2 rings (SSSR count). The zero-order chi connectivity index (χ0) is 17.4. The number of carbonyl (C=O) groups excluding carboxylic acids is 1. The van der Waals surface area contributed by atoms with Gasteiger partial charge in [-0.05, 0) is 34.6 Å². The van der Waals surface area contributed by atoms with Crippen LogP contribution in [-0.2, 0) is 17.3 Å². The summed E-state index contributed by atoms with van der Waals surface area (Å²) in [6, 6.07) is 0. The summed E-state index contributed by atoms with van der Waals surface area (Å²) in [6.07, 6.45) is 2.65. The van der Waals surface area contributed by atoms with Crippen LogP contribution in [0.1, 0.15) is 40.4 Å². The largest absolute Gasteiger partial charge is 0.444 e. The van der Waals surface area contributed by atoms with Crippen molar-refractivity contribution in [3.05, 3.63) is 23.5 Å². The zero-order valence-corrected chi connectivity index (χ0v) is 14.8. The van der Waals surface area contributed by atoms with Crippen molar-refractivity contribution in [1.82, 2.24) is 24.5 Å². The van der Waals surface area contributed by atoms with Gasteiger partial charge in [-0.25, -0.2) is 9.78 Å². The van der Waals surface area contributed by atoms with Crippen molar-refractivity contribution < 1.29 is 9.53 Å². The number of aryl methyl sites for hydroxylation is 1. The van der Waals surface area contributed by atoms with Gasteiger partial charge in [-0.15, -0.1) is 0 Å². The molecule has 0 fully saturated rings. The molecule has 2 aromatic rings. The number of ether oxygens (including phenoxy) is 1. The van der Waals surface area contributed by atoms with Crippen LogP contribution in [0.5, 0.6) is 0 Å². The fourth-order valence-corrected chi connectivity index (χ4v) is 2.04. The monoisotopic (exact) mass is 340 g/mol. The fourth-order valence-electron chi connectivity index (χ4n) is 1.86. The number of rotatable bonds is 3. The van der Waals surface area contributed by atoms with Gasteiger partial charge in [0, 0.05) is 7.05 Å². The van der Waals surface area contributed by atoms with Crippen LogP contribution in [0.15, 0.2) is 12.5 Å². The molecular formula is C14H21ClN6O2. The summed E-state index contributed by atoms with van der Waals surface area (Å²) in [5.74, 6) is 0.586. The minimum atomic E-state index is -0.626. The van der Waals surface area contributed by atoms with Gasteiger partial charge >= 0.3 is 6.09 Å². The Balaban J connectivity index is 2.22. The van der Waals surface area contributed by atoms with E-state index < -0.39 is 17.2 Å². The first-order chi connectivity index (χ1) is 10.5. The number of carbonyl (C=O) groups is 1. The van der Waals surface area contributed by atoms with E-state index in [0.717, 1.165) is 0 Å². The minimum Gasteiger partial charge on any atom is -0.444 e. The first kappa shape index (κ1) is 17.3. The summed E-state index contributed by atoms with van der Waals surface area (Å²) in [5, 5.41) is 11.3. The van der Waals surface area contributed by atoms with E-state index >= 15 is 0 Å². The lowest BCUT2D eigenvalue weighted by Crippen LogP contribution is -2.30. The Labute approximate surface area is 139 Å². The second-order valence-corrected chi connectivity index (χ2v) is 7.06. The molecule has 0 aliphatic heterocycles. The molecule has 2 heterocycles. The second kappa shape index (κ2) is 5.84. The summed E-state index contributed by atoms with van der Waals surface area (Å²) in [4.78, 5) is 16.1. The van der Waals surface area contributed by atoms with E-state index in [1.165, 1.54) is 0 Å². The molecule has 126 valence electrons. The molecule has 1 N–H and O–H groups in total. The lowest BCUT2D eigenvalue weighted by Gasteiger charge is -2.21. The van der Waals surface area contributed by atoms with Crippen LogP contribution in [0.2, 0.25) is 5.15 Å². The molecule has 0 aromatic carbocycles. The molecular weight excluding hydrogens is 320 g/mol. The quantitative estimate of drug-likeness (QED) is 0.928. The van der Waals surface area contributed by atoms with Crippen LogP contribution in [0.25, 0.3) is 0 Å². The van der Waals surface area contributed by atoms with Crippen molar-refractivity contribution in [3.8, 4) is 0 Å². The molecule has 0 saturated heterocycles. The van der Waals surface area contributed by atoms with Crippen molar-refractivity contribution in [2.45, 2.75) is 45.8 Å². The highest BCUT2D eigenvalue weighted by Gasteiger charge is 2.30. The Hall–Kier alpha value is -2.09. The molecule has 0 radical (unpaired) electrons. The van der Waals surface area contributed by atoms with E-state index in [-0.39, 0.29) is 5.15 Å². The number of nitrogens with zero attached hydrogens (tertiary/aromatic N) is 5. The molecule has 0 unspecified atom stereocenters. The van der Waals surface area contributed by atoms with Gasteiger partial charge in [0.1, 0.15) is 23.2 Å². The summed E-state index contributed by atoms with van der Waals surface area (Å²) >= 11 is 6.11. The van der Waals surface area contributed by atoms with Crippen LogP contribution < -0.4 is 5.32 Å². The highest BCUT2D eigenvalue weighted by Crippen LogP contribution is 2.27. The summed E-state index contributed by atoms with van der Waals surface area (Å²) in [5.41, 5.74) is -0.854. The number of nitrogens with one attached hydrogen (secondary N) is 1. The molecule has 0 spiro atoms. The fraction of sp³-hybridized carbons (Fsp3) is 0.571. The minimum absolute atomic E-state index is 0.167. The van der Waals surface area contributed by atoms with Gasteiger partial charge in [-0.2, -0.15) is 10.2 Å². The predicted molar refractivity (Wildman–Crippen MR) is 86.5 cm³/mol. The number of anilines is 1. The van der Waals surface area contributed by atoms with Crippen molar-refractivity contribution in [3.63, 3.8) is 0 Å². The van der Waals surface area contributed by atoms with Crippen LogP contribution in [0.4, 0.5) is 10.5 Å². The Bertz CT molecular complexity index is 713. The maximum absolute atomic E-state index is 11.9. The zero-order valence-electron chi connectivity index (χ0n) is 14.1. The molecule has 0 atom stereocenters. The third kappa shape index (κ3) is 4.01. The molecule has 8 nitrogen and oxygen atoms in total. The SMILES string of the molecule is Cn1cnc(C(C)(C)n2cc(NC(=O)OC(C)(C)C)c(Cl)n2)n1. The Morgan fingerprint density at radius 1 is 1.26 bits per heavy atom. The number of hydrogen-bond acceptors (Lipinski definition) is 5. The Morgan fingerprint density at radius 2 is 1.91 bits per heavy atom. The van der Waals surface area contributed by atoms with E-state index in [9.17, 15) is 4.79 Å². The van der Waals surface area contributed by atoms with E-state index in [1.807, 2.05) is 13.8 Å². The number of amides is 1. The topological polar surface area (TPSA) is 86.9 Å². The van der Waals surface area contributed by atoms with E-state index in [1.54, 1.807) is 49.7 Å². The van der Waals surface area contributed by atoms with E-state index in [0.29, 0.717) is 11.5 Å². The van der Waals surface area contributed by atoms with Crippen molar-refractivity contribution in [1.29, 1.82) is 0 Å². The summed E-state index contributed by atoms with van der Waals surface area (Å²) in [6.45, 7) is 9.17. The van der Waals surface area contributed by atoms with E-state index in [2.05, 4.69) is 20.5 Å². The van der Waals surface area contributed by atoms with Crippen LogP contribution in [0.3, 0.4) is 0 Å². The van der Waals surface area contributed by atoms with Gasteiger partial charge in [0.05, 0.1) is 6.20 Å². The Kier molecular flexibility index (Phi) is 4.39. The van der Waals surface area contributed by atoms with Gasteiger partial charge in [0.2, 0.25) is 0 Å². The number of aromatic nitrogens is 5. The van der Waals surface area contributed by atoms with Crippen LogP contribution >= 0.6 is 11.6 Å². The molecule has 0 saturated carbocycles. The van der Waals surface area contributed by atoms with Gasteiger partial charge in [-0.1, -0.05) is 11.6 Å². The molecule has 1 amide bonds. The predicted octanol–water partition coefficient (Wildman–Crippen LogP) is 2.80.